The zero-order chi connectivity index (χ0) is 9.84. The Hall–Kier alpha value is -0.750. The van der Waals surface area contributed by atoms with Crippen molar-refractivity contribution in [3.8, 4) is 0 Å². The number of carbonyl (C=O) groups is 2. The monoisotopic (exact) mass is 204 g/mol. The molecular weight excluding hydrogens is 192 g/mol. The molecule has 1 aliphatic rings. The molecule has 0 aromatic rings. The average molecular weight is 204 g/mol. The van der Waals surface area contributed by atoms with E-state index < -0.39 is 5.97 Å². The van der Waals surface area contributed by atoms with Crippen LogP contribution in [0.15, 0.2) is 0 Å². The molecule has 0 bridgehead atoms. The molecule has 1 unspecified atom stereocenters. The molecule has 1 aliphatic heterocycles. The zero-order valence-electron chi connectivity index (χ0n) is 7.32. The first-order valence-electron chi connectivity index (χ1n) is 3.92. The summed E-state index contributed by atoms with van der Waals surface area (Å²) in [6.07, 6.45) is 0. The lowest BCUT2D eigenvalue weighted by Crippen LogP contribution is -2.41. The second kappa shape index (κ2) is 4.48. The molecule has 0 radical (unpaired) electrons. The van der Waals surface area contributed by atoms with Gasteiger partial charge in [-0.3, -0.25) is 14.5 Å². The van der Waals surface area contributed by atoms with Gasteiger partial charge in [0.05, 0.1) is 0 Å². The van der Waals surface area contributed by atoms with Crippen LogP contribution < -0.4 is 5.32 Å². The van der Waals surface area contributed by atoms with Crippen LogP contribution in [0.3, 0.4) is 0 Å². The fourth-order valence-electron chi connectivity index (χ4n) is 1.08. The number of hydrogen-bond acceptors (Lipinski definition) is 4. The lowest BCUT2D eigenvalue weighted by Gasteiger charge is -2.16. The van der Waals surface area contributed by atoms with Crippen molar-refractivity contribution in [2.24, 2.45) is 0 Å². The van der Waals surface area contributed by atoms with Crippen LogP contribution in [0, 0.1) is 0 Å². The highest BCUT2D eigenvalue weighted by Gasteiger charge is 2.28. The van der Waals surface area contributed by atoms with Gasteiger partial charge < -0.3 is 10.4 Å². The Kier molecular flexibility index (Phi) is 3.56. The summed E-state index contributed by atoms with van der Waals surface area (Å²) in [7, 11) is 1.85. The Morgan fingerprint density at radius 1 is 1.69 bits per heavy atom. The molecule has 1 amide bonds. The first kappa shape index (κ1) is 10.3. The number of nitrogens with one attached hydrogen (secondary N) is 1. The third-order valence-corrected chi connectivity index (χ3v) is 3.07. The number of carbonyl (C=O) groups excluding carboxylic acids is 1. The van der Waals surface area contributed by atoms with Gasteiger partial charge in [0, 0.05) is 12.3 Å². The highest BCUT2D eigenvalue weighted by atomic mass is 32.2. The topological polar surface area (TPSA) is 69.6 Å². The molecule has 1 atom stereocenters. The van der Waals surface area contributed by atoms with E-state index in [-0.39, 0.29) is 17.8 Å². The fourth-order valence-corrected chi connectivity index (χ4v) is 2.29. The van der Waals surface area contributed by atoms with Crippen molar-refractivity contribution in [1.82, 2.24) is 10.2 Å². The van der Waals surface area contributed by atoms with E-state index in [1.807, 2.05) is 11.9 Å². The predicted molar refractivity (Wildman–Crippen MR) is 49.5 cm³/mol. The van der Waals surface area contributed by atoms with E-state index in [0.29, 0.717) is 0 Å². The van der Waals surface area contributed by atoms with Gasteiger partial charge in [-0.2, -0.15) is 0 Å². The standard InChI is InChI=1S/C7H12N2O3S/c1-9-2-3-13-7(9)6(12)8-4-5(10)11/h7H,2-4H2,1H3,(H,8,12)(H,10,11). The number of nitrogens with zero attached hydrogens (tertiary/aromatic N) is 1. The zero-order valence-corrected chi connectivity index (χ0v) is 8.13. The first-order valence-corrected chi connectivity index (χ1v) is 4.97. The van der Waals surface area contributed by atoms with Gasteiger partial charge in [-0.1, -0.05) is 0 Å². The minimum absolute atomic E-state index is 0.215. The van der Waals surface area contributed by atoms with Crippen LogP contribution in [0.1, 0.15) is 0 Å². The van der Waals surface area contributed by atoms with Crippen molar-refractivity contribution in [1.29, 1.82) is 0 Å². The SMILES string of the molecule is CN1CCSC1C(=O)NCC(=O)O. The Morgan fingerprint density at radius 3 is 2.85 bits per heavy atom. The molecule has 13 heavy (non-hydrogen) atoms. The maximum absolute atomic E-state index is 11.3. The normalized spacial score (nSPS) is 23.0. The molecule has 1 saturated heterocycles. The van der Waals surface area contributed by atoms with Crippen LogP contribution in [0.5, 0.6) is 0 Å². The summed E-state index contributed by atoms with van der Waals surface area (Å²) in [5, 5.41) is 10.5. The van der Waals surface area contributed by atoms with Crippen LogP contribution in [-0.4, -0.2) is 53.1 Å². The van der Waals surface area contributed by atoms with E-state index >= 15 is 0 Å². The molecule has 0 aliphatic carbocycles. The van der Waals surface area contributed by atoms with Gasteiger partial charge in [-0.15, -0.1) is 11.8 Å². The van der Waals surface area contributed by atoms with E-state index in [4.69, 9.17) is 5.11 Å². The molecule has 74 valence electrons. The van der Waals surface area contributed by atoms with Crippen molar-refractivity contribution in [2.75, 3.05) is 25.9 Å². The molecule has 0 aromatic carbocycles. The van der Waals surface area contributed by atoms with Gasteiger partial charge in [0.2, 0.25) is 5.91 Å². The van der Waals surface area contributed by atoms with Crippen molar-refractivity contribution >= 4 is 23.6 Å². The van der Waals surface area contributed by atoms with Gasteiger partial charge in [0.25, 0.3) is 0 Å². The number of thioether (sulfide) groups is 1. The lowest BCUT2D eigenvalue weighted by atomic mass is 10.5. The summed E-state index contributed by atoms with van der Waals surface area (Å²) in [5.41, 5.74) is 0. The van der Waals surface area contributed by atoms with Crippen LogP contribution in [0.25, 0.3) is 0 Å². The lowest BCUT2D eigenvalue weighted by molar-refractivity contribution is -0.138. The van der Waals surface area contributed by atoms with Gasteiger partial charge in [0.15, 0.2) is 0 Å². The number of aliphatic carboxylic acids is 1. The van der Waals surface area contributed by atoms with Crippen LogP contribution in [0.4, 0.5) is 0 Å². The fraction of sp³-hybridized carbons (Fsp3) is 0.714. The minimum Gasteiger partial charge on any atom is -0.480 e. The van der Waals surface area contributed by atoms with Crippen LogP contribution in [0.2, 0.25) is 0 Å². The van der Waals surface area contributed by atoms with Gasteiger partial charge in [-0.25, -0.2) is 0 Å². The predicted octanol–water partition coefficient (Wildman–Crippen LogP) is -0.808. The summed E-state index contributed by atoms with van der Waals surface area (Å²) in [5.74, 6) is -0.312. The summed E-state index contributed by atoms with van der Waals surface area (Å²) in [6.45, 7) is 0.569. The first-order chi connectivity index (χ1) is 6.11. The molecule has 6 heteroatoms. The molecule has 0 aromatic heterocycles. The van der Waals surface area contributed by atoms with Gasteiger partial charge in [-0.05, 0) is 7.05 Å². The Balaban J connectivity index is 2.34. The number of likely N-dealkylation sites (N-methyl/N-ethyl adjacent to an activating group) is 1. The molecule has 0 spiro atoms. The Morgan fingerprint density at radius 2 is 2.38 bits per heavy atom. The summed E-state index contributed by atoms with van der Waals surface area (Å²) in [4.78, 5) is 23.4. The largest absolute Gasteiger partial charge is 0.480 e. The van der Waals surface area contributed by atoms with E-state index in [2.05, 4.69) is 5.32 Å². The molecular formula is C7H12N2O3S. The van der Waals surface area contributed by atoms with Gasteiger partial charge in [0.1, 0.15) is 11.9 Å². The molecule has 0 saturated carbocycles. The number of rotatable bonds is 3. The minimum atomic E-state index is -1.01. The Labute approximate surface area is 80.5 Å². The van der Waals surface area contributed by atoms with Crippen molar-refractivity contribution in [3.63, 3.8) is 0 Å². The summed E-state index contributed by atoms with van der Waals surface area (Å²) < 4.78 is 0. The Bertz CT molecular complexity index is 222. The highest BCUT2D eigenvalue weighted by Crippen LogP contribution is 2.21. The van der Waals surface area contributed by atoms with Crippen molar-refractivity contribution in [2.45, 2.75) is 5.37 Å². The third-order valence-electron chi connectivity index (χ3n) is 1.76. The van der Waals surface area contributed by atoms with E-state index in [1.54, 1.807) is 0 Å². The van der Waals surface area contributed by atoms with Crippen LogP contribution >= 0.6 is 11.8 Å². The number of carboxylic acid groups (broad SMARTS) is 1. The van der Waals surface area contributed by atoms with E-state index in [0.717, 1.165) is 12.3 Å². The number of amides is 1. The number of hydrogen-bond donors (Lipinski definition) is 2. The average Bonchev–Trinajstić information content (AvgIpc) is 2.47. The third kappa shape index (κ3) is 2.89. The smallest absolute Gasteiger partial charge is 0.322 e. The second-order valence-corrected chi connectivity index (χ2v) is 4.00. The highest BCUT2D eigenvalue weighted by molar-refractivity contribution is 8.00. The maximum Gasteiger partial charge on any atom is 0.322 e. The van der Waals surface area contributed by atoms with E-state index in [9.17, 15) is 9.59 Å². The molecule has 1 heterocycles. The maximum atomic E-state index is 11.3. The van der Waals surface area contributed by atoms with E-state index in [1.165, 1.54) is 11.8 Å². The molecule has 1 rings (SSSR count). The summed E-state index contributed by atoms with van der Waals surface area (Å²) in [6, 6.07) is 0. The summed E-state index contributed by atoms with van der Waals surface area (Å²) >= 11 is 1.53. The van der Waals surface area contributed by atoms with Crippen LogP contribution in [-0.2, 0) is 9.59 Å². The van der Waals surface area contributed by atoms with Crippen molar-refractivity contribution in [3.05, 3.63) is 0 Å². The van der Waals surface area contributed by atoms with Crippen molar-refractivity contribution < 1.29 is 14.7 Å². The molecule has 5 nitrogen and oxygen atoms in total. The molecule has 1 fully saturated rings. The second-order valence-electron chi connectivity index (χ2n) is 2.82. The van der Waals surface area contributed by atoms with Gasteiger partial charge >= 0.3 is 5.97 Å². The quantitative estimate of drug-likeness (QED) is 0.629. The number of carboxylic acids is 1. The molecule has 2 N–H and O–H groups in total.